The number of ether oxygens (including phenoxy) is 1. The number of rotatable bonds is 6. The molecule has 0 amide bonds. The van der Waals surface area contributed by atoms with Gasteiger partial charge in [-0.2, -0.15) is 5.10 Å². The van der Waals surface area contributed by atoms with Crippen LogP contribution in [0.1, 0.15) is 12.5 Å². The first-order valence-corrected chi connectivity index (χ1v) is 14.7. The van der Waals surface area contributed by atoms with Crippen LogP contribution < -0.4 is 15.8 Å². The first-order chi connectivity index (χ1) is 16.1. The maximum atomic E-state index is 5.90. The van der Waals surface area contributed by atoms with E-state index >= 15 is 0 Å². The van der Waals surface area contributed by atoms with Crippen LogP contribution in [0.25, 0.3) is 22.0 Å². The second kappa shape index (κ2) is 9.67. The smallest absolute Gasteiger partial charge is 0.227 e. The number of nitrogens with zero attached hydrogens (tertiary/aromatic N) is 4. The molecule has 0 fully saturated rings. The molecule has 8 heteroatoms. The fourth-order valence-corrected chi connectivity index (χ4v) is 3.80. The molecule has 0 spiro atoms. The van der Waals surface area contributed by atoms with Crippen molar-refractivity contribution in [3.05, 3.63) is 60.6 Å². The number of aromatic nitrogens is 4. The third kappa shape index (κ3) is 6.22. The van der Waals surface area contributed by atoms with Crippen molar-refractivity contribution in [2.24, 2.45) is 12.8 Å². The molecule has 0 aliphatic rings. The van der Waals surface area contributed by atoms with Crippen LogP contribution in [-0.4, -0.2) is 40.5 Å². The molecular formula is C26H30N6OSi. The standard InChI is InChI=1S/C26H30N6OSi/c1-18(27)17-33-24-12-20(22-15-29-32(2)16-22)11-23(13-24)30-26-28-14-21-10-19(6-7-25(21)31-26)8-9-34(3,4)5/h6-7,10-16,18H,17,27H2,1-5H3,(H,28,30,31)/t18-/m0/s1. The van der Waals surface area contributed by atoms with Gasteiger partial charge in [-0.25, -0.2) is 9.97 Å². The largest absolute Gasteiger partial charge is 0.492 e. The van der Waals surface area contributed by atoms with Crippen LogP contribution in [0.5, 0.6) is 5.75 Å². The Hall–Kier alpha value is -3.67. The van der Waals surface area contributed by atoms with Gasteiger partial charge in [0.15, 0.2) is 0 Å². The number of hydrogen-bond donors (Lipinski definition) is 2. The van der Waals surface area contributed by atoms with Gasteiger partial charge in [-0.3, -0.25) is 4.68 Å². The van der Waals surface area contributed by atoms with Gasteiger partial charge in [-0.1, -0.05) is 25.6 Å². The Morgan fingerprint density at radius 1 is 1.12 bits per heavy atom. The van der Waals surface area contributed by atoms with Gasteiger partial charge in [0.05, 0.1) is 11.7 Å². The van der Waals surface area contributed by atoms with Gasteiger partial charge in [0.2, 0.25) is 5.95 Å². The van der Waals surface area contributed by atoms with E-state index in [2.05, 4.69) is 46.5 Å². The number of hydrogen-bond acceptors (Lipinski definition) is 6. The average molecular weight is 471 g/mol. The minimum atomic E-state index is -1.43. The fraction of sp³-hybridized carbons (Fsp3) is 0.269. The molecule has 3 N–H and O–H groups in total. The molecule has 34 heavy (non-hydrogen) atoms. The van der Waals surface area contributed by atoms with E-state index in [1.54, 1.807) is 4.68 Å². The molecule has 0 saturated heterocycles. The lowest BCUT2D eigenvalue weighted by molar-refractivity contribution is 0.296. The maximum absolute atomic E-state index is 5.90. The molecule has 2 aromatic heterocycles. The molecule has 0 unspecified atom stereocenters. The predicted molar refractivity (Wildman–Crippen MR) is 141 cm³/mol. The van der Waals surface area contributed by atoms with E-state index in [0.29, 0.717) is 18.3 Å². The van der Waals surface area contributed by atoms with Crippen molar-refractivity contribution in [2.45, 2.75) is 32.6 Å². The fourth-order valence-electron chi connectivity index (χ4n) is 3.28. The summed E-state index contributed by atoms with van der Waals surface area (Å²) in [7, 11) is 0.463. The Balaban J connectivity index is 1.62. The number of nitrogens with one attached hydrogen (secondary N) is 1. The Bertz CT molecular complexity index is 1380. The van der Waals surface area contributed by atoms with Gasteiger partial charge in [0, 0.05) is 53.8 Å². The minimum Gasteiger partial charge on any atom is -0.492 e. The molecule has 2 aromatic carbocycles. The van der Waals surface area contributed by atoms with Crippen LogP contribution in [0.15, 0.2) is 55.0 Å². The van der Waals surface area contributed by atoms with E-state index in [9.17, 15) is 0 Å². The summed E-state index contributed by atoms with van der Waals surface area (Å²) in [6, 6.07) is 11.9. The molecule has 1 atom stereocenters. The van der Waals surface area contributed by atoms with E-state index in [1.807, 2.05) is 69.0 Å². The van der Waals surface area contributed by atoms with Crippen LogP contribution in [0.2, 0.25) is 19.6 Å². The number of benzene rings is 2. The molecule has 4 rings (SSSR count). The predicted octanol–water partition coefficient (Wildman–Crippen LogP) is 4.73. The average Bonchev–Trinajstić information content (AvgIpc) is 3.22. The molecule has 0 radical (unpaired) electrons. The first kappa shape index (κ1) is 23.5. The van der Waals surface area contributed by atoms with Crippen molar-refractivity contribution in [1.29, 1.82) is 0 Å². The maximum Gasteiger partial charge on any atom is 0.227 e. The highest BCUT2D eigenvalue weighted by Gasteiger charge is 2.10. The number of fused-ring (bicyclic) bond motifs is 1. The van der Waals surface area contributed by atoms with Gasteiger partial charge in [0.1, 0.15) is 20.4 Å². The van der Waals surface area contributed by atoms with Crippen LogP contribution in [0.4, 0.5) is 11.6 Å². The molecule has 2 heterocycles. The minimum absolute atomic E-state index is 0.0670. The Labute approximate surface area is 201 Å². The lowest BCUT2D eigenvalue weighted by Crippen LogP contribution is -2.23. The normalized spacial score (nSPS) is 12.2. The van der Waals surface area contributed by atoms with Crippen LogP contribution in [0, 0.1) is 11.5 Å². The van der Waals surface area contributed by atoms with Gasteiger partial charge in [-0.05, 0) is 42.8 Å². The van der Waals surface area contributed by atoms with Crippen molar-refractivity contribution in [2.75, 3.05) is 11.9 Å². The quantitative estimate of drug-likeness (QED) is 0.313. The van der Waals surface area contributed by atoms with Crippen LogP contribution >= 0.6 is 0 Å². The zero-order valence-electron chi connectivity index (χ0n) is 20.3. The second-order valence-electron chi connectivity index (χ2n) is 9.53. The zero-order chi connectivity index (χ0) is 24.3. The number of nitrogens with two attached hydrogens (primary N) is 1. The SMILES string of the molecule is C[C@H](N)COc1cc(Nc2ncc3cc(C#C[Si](C)(C)C)ccc3n2)cc(-c2cnn(C)c2)c1. The van der Waals surface area contributed by atoms with E-state index in [-0.39, 0.29) is 6.04 Å². The summed E-state index contributed by atoms with van der Waals surface area (Å²) in [5, 5.41) is 8.56. The van der Waals surface area contributed by atoms with Gasteiger partial charge < -0.3 is 15.8 Å². The van der Waals surface area contributed by atoms with Gasteiger partial charge in [0.25, 0.3) is 0 Å². The third-order valence-electron chi connectivity index (χ3n) is 4.88. The summed E-state index contributed by atoms with van der Waals surface area (Å²) in [5.74, 6) is 4.52. The van der Waals surface area contributed by atoms with E-state index in [1.165, 1.54) is 0 Å². The lowest BCUT2D eigenvalue weighted by atomic mass is 10.1. The summed E-state index contributed by atoms with van der Waals surface area (Å²) in [4.78, 5) is 9.22. The van der Waals surface area contributed by atoms with Gasteiger partial charge >= 0.3 is 0 Å². The molecule has 0 saturated carbocycles. The molecule has 0 bridgehead atoms. The van der Waals surface area contributed by atoms with E-state index in [4.69, 9.17) is 15.5 Å². The molecule has 7 nitrogen and oxygen atoms in total. The number of anilines is 2. The topological polar surface area (TPSA) is 90.9 Å². The summed E-state index contributed by atoms with van der Waals surface area (Å²) in [6.45, 7) is 9.04. The van der Waals surface area contributed by atoms with Crippen LogP contribution in [0.3, 0.4) is 0 Å². The Kier molecular flexibility index (Phi) is 6.68. The van der Waals surface area contributed by atoms with Gasteiger partial charge in [-0.15, -0.1) is 5.54 Å². The van der Waals surface area contributed by atoms with Crippen molar-refractivity contribution in [1.82, 2.24) is 19.7 Å². The highest BCUT2D eigenvalue weighted by molar-refractivity contribution is 6.83. The Morgan fingerprint density at radius 3 is 2.65 bits per heavy atom. The molecular weight excluding hydrogens is 440 g/mol. The lowest BCUT2D eigenvalue weighted by Gasteiger charge is -2.13. The summed E-state index contributed by atoms with van der Waals surface area (Å²) < 4.78 is 7.67. The summed E-state index contributed by atoms with van der Waals surface area (Å²) in [6.07, 6.45) is 5.61. The van der Waals surface area contributed by atoms with E-state index < -0.39 is 8.07 Å². The molecule has 0 aliphatic carbocycles. The van der Waals surface area contributed by atoms with Crippen molar-refractivity contribution in [3.63, 3.8) is 0 Å². The molecule has 174 valence electrons. The zero-order valence-corrected chi connectivity index (χ0v) is 21.3. The summed E-state index contributed by atoms with van der Waals surface area (Å²) >= 11 is 0. The Morgan fingerprint density at radius 2 is 1.94 bits per heavy atom. The van der Waals surface area contributed by atoms with Crippen molar-refractivity contribution >= 4 is 30.6 Å². The monoisotopic (exact) mass is 470 g/mol. The van der Waals surface area contributed by atoms with Crippen molar-refractivity contribution in [3.8, 4) is 28.3 Å². The van der Waals surface area contributed by atoms with E-state index in [0.717, 1.165) is 33.3 Å². The third-order valence-corrected chi connectivity index (χ3v) is 5.75. The highest BCUT2D eigenvalue weighted by atomic mass is 28.3. The molecule has 4 aromatic rings. The first-order valence-electron chi connectivity index (χ1n) is 11.2. The second-order valence-corrected chi connectivity index (χ2v) is 14.3. The number of aryl methyl sites for hydroxylation is 1. The summed E-state index contributed by atoms with van der Waals surface area (Å²) in [5.41, 5.74) is 13.9. The van der Waals surface area contributed by atoms with Crippen LogP contribution in [-0.2, 0) is 7.05 Å². The highest BCUT2D eigenvalue weighted by Crippen LogP contribution is 2.30. The molecule has 0 aliphatic heterocycles. The van der Waals surface area contributed by atoms with Crippen molar-refractivity contribution < 1.29 is 4.74 Å².